The van der Waals surface area contributed by atoms with Crippen molar-refractivity contribution in [2.75, 3.05) is 5.32 Å². The fourth-order valence-electron chi connectivity index (χ4n) is 0.664. The van der Waals surface area contributed by atoms with Crippen LogP contribution in [0.1, 0.15) is 5.69 Å². The molecule has 0 saturated heterocycles. The number of anilines is 1. The minimum absolute atomic E-state index is 0.278. The largest absolute Gasteiger partial charge is 0.318 e. The van der Waals surface area contributed by atoms with E-state index in [2.05, 4.69) is 10.2 Å². The number of nitrogens with one attached hydrogen (secondary N) is 2. The van der Waals surface area contributed by atoms with Crippen LogP contribution in [0.15, 0.2) is 6.20 Å². The van der Waals surface area contributed by atoms with Crippen LogP contribution in [0.25, 0.3) is 0 Å². The molecule has 0 fully saturated rings. The molecule has 0 unspecified atom stereocenters. The molecule has 12 heavy (non-hydrogen) atoms. The summed E-state index contributed by atoms with van der Waals surface area (Å²) in [5.41, 5.74) is 0.823. The van der Waals surface area contributed by atoms with Gasteiger partial charge >= 0.3 is 6.43 Å². The summed E-state index contributed by atoms with van der Waals surface area (Å²) in [6, 6.07) is 0. The van der Waals surface area contributed by atoms with E-state index in [1.807, 2.05) is 5.32 Å². The number of alkyl halides is 2. The Balaban J connectivity index is 2.64. The summed E-state index contributed by atoms with van der Waals surface area (Å²) in [5, 5.41) is 8.06. The molecule has 0 radical (unpaired) electrons. The molecule has 0 bridgehead atoms. The summed E-state index contributed by atoms with van der Waals surface area (Å²) in [4.78, 5) is 10.5. The molecule has 1 aromatic heterocycles. The molecule has 1 aromatic rings. The van der Waals surface area contributed by atoms with Gasteiger partial charge in [0.25, 0.3) is 5.91 Å². The molecule has 1 rings (SSSR count). The molecule has 66 valence electrons. The lowest BCUT2D eigenvalue weighted by atomic mass is 10.4. The van der Waals surface area contributed by atoms with Crippen molar-refractivity contribution in [3.05, 3.63) is 11.9 Å². The number of amides is 1. The van der Waals surface area contributed by atoms with Gasteiger partial charge in [0, 0.05) is 0 Å². The van der Waals surface area contributed by atoms with Crippen molar-refractivity contribution in [3.63, 3.8) is 0 Å². The van der Waals surface area contributed by atoms with Gasteiger partial charge in [0.05, 0.1) is 17.6 Å². The Morgan fingerprint density at radius 2 is 2.42 bits per heavy atom. The van der Waals surface area contributed by atoms with E-state index in [0.717, 1.165) is 0 Å². The van der Waals surface area contributed by atoms with Crippen molar-refractivity contribution >= 4 is 11.6 Å². The molecule has 0 aliphatic carbocycles. The van der Waals surface area contributed by atoms with Crippen LogP contribution >= 0.6 is 0 Å². The van der Waals surface area contributed by atoms with Crippen molar-refractivity contribution in [1.82, 2.24) is 10.2 Å². The van der Waals surface area contributed by atoms with Crippen molar-refractivity contribution in [2.45, 2.75) is 13.3 Å². The van der Waals surface area contributed by atoms with Crippen LogP contribution in [0.2, 0.25) is 0 Å². The van der Waals surface area contributed by atoms with Gasteiger partial charge in [-0.1, -0.05) is 0 Å². The summed E-state index contributed by atoms with van der Waals surface area (Å²) in [7, 11) is 0. The first-order valence-corrected chi connectivity index (χ1v) is 3.20. The fraction of sp³-hybridized carbons (Fsp3) is 0.333. The Morgan fingerprint density at radius 3 is 2.83 bits per heavy atom. The van der Waals surface area contributed by atoms with E-state index in [0.29, 0.717) is 5.69 Å². The summed E-state index contributed by atoms with van der Waals surface area (Å²) in [6.45, 7) is 1.62. The number of carbonyl (C=O) groups is 1. The van der Waals surface area contributed by atoms with E-state index in [-0.39, 0.29) is 5.69 Å². The topological polar surface area (TPSA) is 57.8 Å². The number of aromatic amines is 1. The molecule has 0 aliphatic rings. The van der Waals surface area contributed by atoms with Gasteiger partial charge in [0.15, 0.2) is 0 Å². The first kappa shape index (κ1) is 8.63. The molecular weight excluding hydrogens is 168 g/mol. The highest BCUT2D eigenvalue weighted by molar-refractivity contribution is 5.93. The second kappa shape index (κ2) is 3.29. The molecule has 0 atom stereocenters. The lowest BCUT2D eigenvalue weighted by Gasteiger charge is -2.00. The summed E-state index contributed by atoms with van der Waals surface area (Å²) >= 11 is 0. The Hall–Kier alpha value is -1.46. The number of H-pyrrole nitrogens is 1. The van der Waals surface area contributed by atoms with Crippen LogP contribution in [-0.2, 0) is 4.79 Å². The molecule has 2 N–H and O–H groups in total. The highest BCUT2D eigenvalue weighted by Gasteiger charge is 2.16. The van der Waals surface area contributed by atoms with Gasteiger partial charge in [0.2, 0.25) is 0 Å². The Labute approximate surface area is 67.0 Å². The van der Waals surface area contributed by atoms with Gasteiger partial charge in [-0.3, -0.25) is 9.89 Å². The molecule has 0 saturated carbocycles. The third-order valence-corrected chi connectivity index (χ3v) is 1.29. The number of halogens is 2. The van der Waals surface area contributed by atoms with E-state index in [1.165, 1.54) is 6.20 Å². The van der Waals surface area contributed by atoms with Crippen LogP contribution < -0.4 is 5.32 Å². The van der Waals surface area contributed by atoms with Gasteiger partial charge in [-0.2, -0.15) is 13.9 Å². The second-order valence-electron chi connectivity index (χ2n) is 2.20. The Morgan fingerprint density at radius 1 is 1.75 bits per heavy atom. The van der Waals surface area contributed by atoms with Gasteiger partial charge in [-0.15, -0.1) is 0 Å². The minimum Gasteiger partial charge on any atom is -0.318 e. The van der Waals surface area contributed by atoms with Crippen LogP contribution in [0.3, 0.4) is 0 Å². The molecule has 0 spiro atoms. The molecule has 0 aromatic carbocycles. The van der Waals surface area contributed by atoms with E-state index in [4.69, 9.17) is 0 Å². The number of rotatable bonds is 2. The molecular formula is C6H7F2N3O. The number of nitrogens with zero attached hydrogens (tertiary/aromatic N) is 1. The van der Waals surface area contributed by atoms with E-state index in [9.17, 15) is 13.6 Å². The lowest BCUT2D eigenvalue weighted by Crippen LogP contribution is -2.20. The van der Waals surface area contributed by atoms with Gasteiger partial charge in [-0.25, -0.2) is 0 Å². The summed E-state index contributed by atoms with van der Waals surface area (Å²) in [5.74, 6) is -1.32. The van der Waals surface area contributed by atoms with E-state index in [1.54, 1.807) is 6.92 Å². The molecule has 1 heterocycles. The summed E-state index contributed by atoms with van der Waals surface area (Å²) in [6.07, 6.45) is -1.73. The maximum atomic E-state index is 11.7. The summed E-state index contributed by atoms with van der Waals surface area (Å²) < 4.78 is 23.4. The zero-order chi connectivity index (χ0) is 9.14. The zero-order valence-electron chi connectivity index (χ0n) is 6.27. The SMILES string of the molecule is Cc1[nH]ncc1NC(=O)C(F)F. The first-order valence-electron chi connectivity index (χ1n) is 3.20. The highest BCUT2D eigenvalue weighted by atomic mass is 19.3. The monoisotopic (exact) mass is 175 g/mol. The number of aryl methyl sites for hydroxylation is 1. The normalized spacial score (nSPS) is 10.3. The molecule has 1 amide bonds. The van der Waals surface area contributed by atoms with Crippen molar-refractivity contribution in [2.24, 2.45) is 0 Å². The standard InChI is InChI=1S/C6H7F2N3O/c1-3-4(2-9-11-3)10-6(12)5(7)8/h2,5H,1H3,(H,9,11)(H,10,12). The average molecular weight is 175 g/mol. The van der Waals surface area contributed by atoms with Gasteiger partial charge < -0.3 is 5.32 Å². The smallest absolute Gasteiger partial charge is 0.315 e. The van der Waals surface area contributed by atoms with Crippen LogP contribution in [0.4, 0.5) is 14.5 Å². The second-order valence-corrected chi connectivity index (χ2v) is 2.20. The van der Waals surface area contributed by atoms with Gasteiger partial charge in [0.1, 0.15) is 0 Å². The fourth-order valence-corrected chi connectivity index (χ4v) is 0.664. The maximum absolute atomic E-state index is 11.7. The number of hydrogen-bond acceptors (Lipinski definition) is 2. The maximum Gasteiger partial charge on any atom is 0.315 e. The number of aromatic nitrogens is 2. The third kappa shape index (κ3) is 1.77. The predicted octanol–water partition coefficient (Wildman–Crippen LogP) is 0.922. The van der Waals surface area contributed by atoms with Gasteiger partial charge in [-0.05, 0) is 6.92 Å². The molecule has 0 aliphatic heterocycles. The lowest BCUT2D eigenvalue weighted by molar-refractivity contribution is -0.126. The molecule has 4 nitrogen and oxygen atoms in total. The average Bonchev–Trinajstić information content (AvgIpc) is 2.36. The third-order valence-electron chi connectivity index (χ3n) is 1.29. The first-order chi connectivity index (χ1) is 5.61. The number of hydrogen-bond donors (Lipinski definition) is 2. The number of carbonyl (C=O) groups excluding carboxylic acids is 1. The van der Waals surface area contributed by atoms with Crippen molar-refractivity contribution in [1.29, 1.82) is 0 Å². The molecule has 6 heteroatoms. The predicted molar refractivity (Wildman–Crippen MR) is 38.0 cm³/mol. The van der Waals surface area contributed by atoms with Crippen molar-refractivity contribution in [3.8, 4) is 0 Å². The minimum atomic E-state index is -3.00. The zero-order valence-corrected chi connectivity index (χ0v) is 6.27. The Kier molecular flexibility index (Phi) is 2.37. The van der Waals surface area contributed by atoms with E-state index < -0.39 is 12.3 Å². The van der Waals surface area contributed by atoms with E-state index >= 15 is 0 Å². The van der Waals surface area contributed by atoms with Crippen molar-refractivity contribution < 1.29 is 13.6 Å². The highest BCUT2D eigenvalue weighted by Crippen LogP contribution is 2.10. The quantitative estimate of drug-likeness (QED) is 0.702. The van der Waals surface area contributed by atoms with Crippen LogP contribution in [-0.4, -0.2) is 22.5 Å². The van der Waals surface area contributed by atoms with Crippen LogP contribution in [0, 0.1) is 6.92 Å². The Bertz CT molecular complexity index is 284. The van der Waals surface area contributed by atoms with Crippen LogP contribution in [0.5, 0.6) is 0 Å².